The highest BCUT2D eigenvalue weighted by molar-refractivity contribution is 4.62. The molecule has 0 atom stereocenters. The van der Waals surface area contributed by atoms with E-state index in [9.17, 15) is 0 Å². The summed E-state index contributed by atoms with van der Waals surface area (Å²) in [6.07, 6.45) is 8.33. The zero-order chi connectivity index (χ0) is 12.3. The Morgan fingerprint density at radius 3 is 1.33 bits per heavy atom. The Morgan fingerprint density at radius 1 is 0.800 bits per heavy atom. The Kier molecular flexibility index (Phi) is 12.2. The van der Waals surface area contributed by atoms with Crippen LogP contribution >= 0.6 is 0 Å². The SMILES string of the molecule is CC(C)CC(C)(C)C.CCCCCCC. The molecule has 0 spiro atoms. The zero-order valence-corrected chi connectivity index (χ0v) is 12.3. The van der Waals surface area contributed by atoms with Crippen molar-refractivity contribution >= 4 is 0 Å². The molecule has 0 saturated heterocycles. The second-order valence-corrected chi connectivity index (χ2v) is 6.22. The highest BCUT2D eigenvalue weighted by Crippen LogP contribution is 2.23. The standard InChI is InChI=1S/C8H18.C7H16/c1-7(2)6-8(3,4)5;1-3-5-7-6-4-2/h7H,6H2,1-5H3;3-7H2,1-2H3. The van der Waals surface area contributed by atoms with E-state index < -0.39 is 0 Å². The molecule has 0 aromatic carbocycles. The summed E-state index contributed by atoms with van der Waals surface area (Å²) < 4.78 is 0. The van der Waals surface area contributed by atoms with Gasteiger partial charge in [0.25, 0.3) is 0 Å². The van der Waals surface area contributed by atoms with Gasteiger partial charge in [-0.25, -0.2) is 0 Å². The van der Waals surface area contributed by atoms with Gasteiger partial charge in [0, 0.05) is 0 Å². The molecule has 0 N–H and O–H groups in total. The minimum atomic E-state index is 0.522. The van der Waals surface area contributed by atoms with E-state index in [1.165, 1.54) is 38.5 Å². The Balaban J connectivity index is 0. The molecule has 0 saturated carbocycles. The van der Waals surface area contributed by atoms with Crippen molar-refractivity contribution in [3.63, 3.8) is 0 Å². The molecule has 0 aliphatic heterocycles. The molecule has 0 aromatic heterocycles. The van der Waals surface area contributed by atoms with Crippen LogP contribution in [-0.4, -0.2) is 0 Å². The predicted molar refractivity (Wildman–Crippen MR) is 73.3 cm³/mol. The van der Waals surface area contributed by atoms with Gasteiger partial charge in [0.1, 0.15) is 0 Å². The highest BCUT2D eigenvalue weighted by Gasteiger charge is 2.11. The lowest BCUT2D eigenvalue weighted by Gasteiger charge is -2.19. The molecule has 0 heterocycles. The van der Waals surface area contributed by atoms with Gasteiger partial charge >= 0.3 is 0 Å². The van der Waals surface area contributed by atoms with Crippen molar-refractivity contribution in [3.05, 3.63) is 0 Å². The second kappa shape index (κ2) is 10.5. The number of unbranched alkanes of at least 4 members (excludes halogenated alkanes) is 4. The average Bonchev–Trinajstić information content (AvgIpc) is 2.01. The van der Waals surface area contributed by atoms with Crippen LogP contribution in [0.1, 0.15) is 87.0 Å². The van der Waals surface area contributed by atoms with Gasteiger partial charge in [0.2, 0.25) is 0 Å². The normalized spacial score (nSPS) is 11.2. The Hall–Kier alpha value is 0. The van der Waals surface area contributed by atoms with Crippen LogP contribution in [0.2, 0.25) is 0 Å². The highest BCUT2D eigenvalue weighted by atomic mass is 14.2. The third kappa shape index (κ3) is 24.9. The monoisotopic (exact) mass is 214 g/mol. The van der Waals surface area contributed by atoms with Crippen molar-refractivity contribution < 1.29 is 0 Å². The van der Waals surface area contributed by atoms with E-state index in [1.807, 2.05) is 0 Å². The summed E-state index contributed by atoms with van der Waals surface area (Å²) in [5, 5.41) is 0. The van der Waals surface area contributed by atoms with E-state index in [4.69, 9.17) is 0 Å². The molecule has 0 fully saturated rings. The molecular weight excluding hydrogens is 180 g/mol. The molecule has 0 heteroatoms. The quantitative estimate of drug-likeness (QED) is 0.488. The van der Waals surface area contributed by atoms with Crippen LogP contribution in [0.25, 0.3) is 0 Å². The first-order valence-corrected chi connectivity index (χ1v) is 6.83. The molecule has 0 aliphatic carbocycles. The maximum atomic E-state index is 2.28. The molecule has 0 nitrogen and oxygen atoms in total. The molecular formula is C15H34. The van der Waals surface area contributed by atoms with Crippen LogP contribution in [0.15, 0.2) is 0 Å². The van der Waals surface area contributed by atoms with Crippen molar-refractivity contribution in [3.8, 4) is 0 Å². The van der Waals surface area contributed by atoms with Gasteiger partial charge in [0.05, 0.1) is 0 Å². The van der Waals surface area contributed by atoms with Gasteiger partial charge < -0.3 is 0 Å². The summed E-state index contributed by atoms with van der Waals surface area (Å²) in [6, 6.07) is 0. The minimum Gasteiger partial charge on any atom is -0.0654 e. The van der Waals surface area contributed by atoms with E-state index in [0.29, 0.717) is 5.41 Å². The third-order valence-corrected chi connectivity index (χ3v) is 2.23. The molecule has 0 aromatic rings. The van der Waals surface area contributed by atoms with Gasteiger partial charge in [-0.3, -0.25) is 0 Å². The van der Waals surface area contributed by atoms with E-state index in [1.54, 1.807) is 0 Å². The van der Waals surface area contributed by atoms with Crippen molar-refractivity contribution in [1.82, 2.24) is 0 Å². The van der Waals surface area contributed by atoms with Crippen LogP contribution in [0.3, 0.4) is 0 Å². The molecule has 94 valence electrons. The molecule has 0 bridgehead atoms. The topological polar surface area (TPSA) is 0 Å². The third-order valence-electron chi connectivity index (χ3n) is 2.23. The number of hydrogen-bond acceptors (Lipinski definition) is 0. The van der Waals surface area contributed by atoms with Gasteiger partial charge in [-0.15, -0.1) is 0 Å². The Morgan fingerprint density at radius 2 is 1.20 bits per heavy atom. The van der Waals surface area contributed by atoms with Gasteiger partial charge in [-0.1, -0.05) is 80.6 Å². The Bertz CT molecular complexity index is 102. The lowest BCUT2D eigenvalue weighted by atomic mass is 9.86. The average molecular weight is 214 g/mol. The van der Waals surface area contributed by atoms with E-state index in [2.05, 4.69) is 48.5 Å². The first-order chi connectivity index (χ1) is 6.83. The lowest BCUT2D eigenvalue weighted by Crippen LogP contribution is -2.08. The summed E-state index contributed by atoms with van der Waals surface area (Å²) in [7, 11) is 0. The smallest absolute Gasteiger partial charge is 0.0380 e. The van der Waals surface area contributed by atoms with Crippen LogP contribution in [-0.2, 0) is 0 Å². The van der Waals surface area contributed by atoms with Crippen molar-refractivity contribution in [2.45, 2.75) is 87.0 Å². The molecule has 15 heavy (non-hydrogen) atoms. The molecule has 0 unspecified atom stereocenters. The zero-order valence-electron chi connectivity index (χ0n) is 12.3. The van der Waals surface area contributed by atoms with E-state index in [0.717, 1.165) is 5.92 Å². The minimum absolute atomic E-state index is 0.522. The van der Waals surface area contributed by atoms with Gasteiger partial charge in [-0.05, 0) is 17.8 Å². The molecule has 0 radical (unpaired) electrons. The first kappa shape index (κ1) is 17.4. The number of hydrogen-bond donors (Lipinski definition) is 0. The van der Waals surface area contributed by atoms with Crippen LogP contribution in [0, 0.1) is 11.3 Å². The van der Waals surface area contributed by atoms with Crippen molar-refractivity contribution in [1.29, 1.82) is 0 Å². The maximum absolute atomic E-state index is 2.28. The number of rotatable bonds is 5. The van der Waals surface area contributed by atoms with Crippen LogP contribution < -0.4 is 0 Å². The fourth-order valence-corrected chi connectivity index (χ4v) is 1.90. The summed E-state index contributed by atoms with van der Waals surface area (Å²) in [5.41, 5.74) is 0.522. The van der Waals surface area contributed by atoms with Gasteiger partial charge in [-0.2, -0.15) is 0 Å². The van der Waals surface area contributed by atoms with E-state index in [-0.39, 0.29) is 0 Å². The van der Waals surface area contributed by atoms with Crippen LogP contribution in [0.4, 0.5) is 0 Å². The molecule has 0 amide bonds. The largest absolute Gasteiger partial charge is 0.0654 e. The molecule has 0 aliphatic rings. The lowest BCUT2D eigenvalue weighted by molar-refractivity contribution is 0.320. The second-order valence-electron chi connectivity index (χ2n) is 6.22. The van der Waals surface area contributed by atoms with Crippen molar-refractivity contribution in [2.75, 3.05) is 0 Å². The first-order valence-electron chi connectivity index (χ1n) is 6.83. The summed E-state index contributed by atoms with van der Waals surface area (Å²) >= 11 is 0. The summed E-state index contributed by atoms with van der Waals surface area (Å²) in [4.78, 5) is 0. The predicted octanol–water partition coefficient (Wildman–Crippen LogP) is 6.06. The van der Waals surface area contributed by atoms with Crippen LogP contribution in [0.5, 0.6) is 0 Å². The summed E-state index contributed by atoms with van der Waals surface area (Å²) in [6.45, 7) is 15.9. The fraction of sp³-hybridized carbons (Fsp3) is 1.00. The fourth-order valence-electron chi connectivity index (χ4n) is 1.90. The molecule has 0 rings (SSSR count). The van der Waals surface area contributed by atoms with Crippen molar-refractivity contribution in [2.24, 2.45) is 11.3 Å². The van der Waals surface area contributed by atoms with Gasteiger partial charge in [0.15, 0.2) is 0 Å². The van der Waals surface area contributed by atoms with E-state index >= 15 is 0 Å². The Labute approximate surface area is 98.9 Å². The summed E-state index contributed by atoms with van der Waals surface area (Å²) in [5.74, 6) is 0.843. The maximum Gasteiger partial charge on any atom is -0.0380 e.